The number of alkyl halides is 3. The Morgan fingerprint density at radius 3 is 2.37 bits per heavy atom. The molecule has 19 heavy (non-hydrogen) atoms. The molecule has 0 saturated carbocycles. The van der Waals surface area contributed by atoms with Crippen LogP contribution in [0.3, 0.4) is 0 Å². The molecule has 7 heteroatoms. The van der Waals surface area contributed by atoms with E-state index in [1.807, 2.05) is 13.8 Å². The molecule has 0 bridgehead atoms. The Hall–Kier alpha value is -0.560. The van der Waals surface area contributed by atoms with Gasteiger partial charge in [0.15, 0.2) is 0 Å². The van der Waals surface area contributed by atoms with Gasteiger partial charge in [-0.05, 0) is 43.6 Å². The Kier molecular flexibility index (Phi) is 5.43. The molecule has 1 aromatic heterocycles. The van der Waals surface area contributed by atoms with Gasteiger partial charge in [0.2, 0.25) is 0 Å². The molecule has 0 radical (unpaired) electrons. The third-order valence-electron chi connectivity index (χ3n) is 2.92. The smallest absolute Gasteiger partial charge is 0.287 e. The fourth-order valence-corrected chi connectivity index (χ4v) is 2.27. The van der Waals surface area contributed by atoms with Gasteiger partial charge in [0.1, 0.15) is 0 Å². The largest absolute Gasteiger partial charge is 0.401 e. The first-order chi connectivity index (χ1) is 8.65. The number of aromatic nitrogens is 2. The highest BCUT2D eigenvalue weighted by Gasteiger charge is 2.32. The Balaban J connectivity index is 2.97. The van der Waals surface area contributed by atoms with Gasteiger partial charge < -0.3 is 0 Å². The summed E-state index contributed by atoms with van der Waals surface area (Å²) in [6.45, 7) is 7.24. The van der Waals surface area contributed by atoms with Gasteiger partial charge >= 0.3 is 6.18 Å². The monoisotopic (exact) mass is 341 g/mol. The molecule has 0 unspecified atom stereocenters. The topological polar surface area (TPSA) is 21.1 Å². The van der Waals surface area contributed by atoms with E-state index in [1.54, 1.807) is 18.5 Å². The predicted molar refractivity (Wildman–Crippen MR) is 71.9 cm³/mol. The molecule has 1 heterocycles. The summed E-state index contributed by atoms with van der Waals surface area (Å²) in [4.78, 5) is 1.40. The van der Waals surface area contributed by atoms with Gasteiger partial charge in [0, 0.05) is 19.1 Å². The van der Waals surface area contributed by atoms with Crippen molar-refractivity contribution in [1.29, 1.82) is 0 Å². The first-order valence-electron chi connectivity index (χ1n) is 6.18. The second-order valence-electron chi connectivity index (χ2n) is 4.78. The molecule has 0 aliphatic heterocycles. The van der Waals surface area contributed by atoms with E-state index in [0.717, 1.165) is 15.9 Å². The van der Waals surface area contributed by atoms with E-state index in [4.69, 9.17) is 0 Å². The molecule has 0 spiro atoms. The van der Waals surface area contributed by atoms with E-state index in [-0.39, 0.29) is 12.6 Å². The lowest BCUT2D eigenvalue weighted by atomic mass is 10.2. The maximum Gasteiger partial charge on any atom is 0.401 e. The van der Waals surface area contributed by atoms with Crippen molar-refractivity contribution >= 4 is 15.9 Å². The number of hydrogen-bond acceptors (Lipinski definition) is 2. The minimum atomic E-state index is -4.19. The van der Waals surface area contributed by atoms with E-state index in [9.17, 15) is 13.2 Å². The lowest BCUT2D eigenvalue weighted by molar-refractivity contribution is -0.151. The van der Waals surface area contributed by atoms with Crippen LogP contribution in [-0.2, 0) is 13.1 Å². The van der Waals surface area contributed by atoms with Gasteiger partial charge in [-0.2, -0.15) is 18.3 Å². The van der Waals surface area contributed by atoms with Crippen molar-refractivity contribution in [3.8, 4) is 0 Å². The highest BCUT2D eigenvalue weighted by Crippen LogP contribution is 2.25. The number of rotatable bonds is 5. The Labute approximate surface area is 119 Å². The molecule has 0 aliphatic rings. The van der Waals surface area contributed by atoms with Crippen LogP contribution >= 0.6 is 15.9 Å². The zero-order valence-electron chi connectivity index (χ0n) is 11.6. The van der Waals surface area contributed by atoms with E-state index in [0.29, 0.717) is 6.54 Å². The Morgan fingerprint density at radius 2 is 1.95 bits per heavy atom. The second kappa shape index (κ2) is 6.26. The summed E-state index contributed by atoms with van der Waals surface area (Å²) >= 11 is 3.41. The molecule has 0 fully saturated rings. The summed E-state index contributed by atoms with van der Waals surface area (Å²) in [5.74, 6) is 0. The number of hydrogen-bond donors (Lipinski definition) is 0. The van der Waals surface area contributed by atoms with Gasteiger partial charge in [-0.25, -0.2) is 0 Å². The van der Waals surface area contributed by atoms with E-state index < -0.39 is 12.7 Å². The van der Waals surface area contributed by atoms with Crippen LogP contribution in [0, 0.1) is 6.92 Å². The van der Waals surface area contributed by atoms with Gasteiger partial charge in [0.05, 0.1) is 22.4 Å². The molecule has 1 aromatic rings. The second-order valence-corrected chi connectivity index (χ2v) is 5.57. The summed E-state index contributed by atoms with van der Waals surface area (Å²) < 4.78 is 40.3. The third-order valence-corrected chi connectivity index (χ3v) is 3.95. The van der Waals surface area contributed by atoms with Crippen LogP contribution in [0.1, 0.15) is 32.2 Å². The number of halogens is 4. The van der Waals surface area contributed by atoms with Crippen molar-refractivity contribution < 1.29 is 13.2 Å². The zero-order valence-corrected chi connectivity index (χ0v) is 13.1. The molecule has 0 saturated heterocycles. The predicted octanol–water partition coefficient (Wildman–Crippen LogP) is 3.75. The highest BCUT2D eigenvalue weighted by molar-refractivity contribution is 9.10. The lowest BCUT2D eigenvalue weighted by Gasteiger charge is -2.27. The summed E-state index contributed by atoms with van der Waals surface area (Å²) in [7, 11) is 0. The average molecular weight is 342 g/mol. The molecular formula is C12H19BrF3N3. The Bertz CT molecular complexity index is 427. The van der Waals surface area contributed by atoms with Crippen LogP contribution in [0.2, 0.25) is 0 Å². The number of aryl methyl sites for hydroxylation is 2. The summed E-state index contributed by atoms with van der Waals surface area (Å²) in [5.41, 5.74) is 1.59. The lowest BCUT2D eigenvalue weighted by Crippen LogP contribution is -2.39. The van der Waals surface area contributed by atoms with Crippen LogP contribution in [0.4, 0.5) is 13.2 Å². The molecule has 0 N–H and O–H groups in total. The average Bonchev–Trinajstić information content (AvgIpc) is 2.53. The maximum atomic E-state index is 12.6. The molecule has 1 rings (SSSR count). The van der Waals surface area contributed by atoms with Gasteiger partial charge in [0.25, 0.3) is 0 Å². The standard InChI is InChI=1S/C12H19BrF3N3/c1-5-19-10(11(13)9(4)17-19)6-18(8(2)3)7-12(14,15)16/h8H,5-7H2,1-4H3. The minimum absolute atomic E-state index is 0.186. The Morgan fingerprint density at radius 1 is 1.37 bits per heavy atom. The van der Waals surface area contributed by atoms with Crippen LogP contribution in [0.15, 0.2) is 4.47 Å². The molecule has 0 atom stereocenters. The quantitative estimate of drug-likeness (QED) is 0.813. The van der Waals surface area contributed by atoms with Gasteiger partial charge in [-0.1, -0.05) is 0 Å². The SMILES string of the molecule is CCn1nc(C)c(Br)c1CN(CC(F)(F)F)C(C)C. The van der Waals surface area contributed by atoms with Crippen molar-refractivity contribution in [3.05, 3.63) is 15.9 Å². The van der Waals surface area contributed by atoms with Crippen molar-refractivity contribution in [1.82, 2.24) is 14.7 Å². The van der Waals surface area contributed by atoms with Gasteiger partial charge in [-0.3, -0.25) is 9.58 Å². The van der Waals surface area contributed by atoms with Crippen LogP contribution in [0.25, 0.3) is 0 Å². The van der Waals surface area contributed by atoms with E-state index >= 15 is 0 Å². The maximum absolute atomic E-state index is 12.6. The van der Waals surface area contributed by atoms with E-state index in [2.05, 4.69) is 21.0 Å². The van der Waals surface area contributed by atoms with Crippen LogP contribution in [0.5, 0.6) is 0 Å². The van der Waals surface area contributed by atoms with Crippen LogP contribution < -0.4 is 0 Å². The minimum Gasteiger partial charge on any atom is -0.287 e. The molecule has 0 amide bonds. The fourth-order valence-electron chi connectivity index (χ4n) is 1.86. The third kappa shape index (κ3) is 4.49. The van der Waals surface area contributed by atoms with Crippen molar-refractivity contribution in [2.75, 3.05) is 6.54 Å². The molecular weight excluding hydrogens is 323 g/mol. The number of nitrogens with zero attached hydrogens (tertiary/aromatic N) is 3. The summed E-state index contributed by atoms with van der Waals surface area (Å²) in [5, 5.41) is 4.30. The summed E-state index contributed by atoms with van der Waals surface area (Å²) in [6, 6.07) is -0.186. The van der Waals surface area contributed by atoms with Crippen molar-refractivity contribution in [3.63, 3.8) is 0 Å². The first kappa shape index (κ1) is 16.5. The molecule has 110 valence electrons. The zero-order chi connectivity index (χ0) is 14.8. The first-order valence-corrected chi connectivity index (χ1v) is 6.97. The van der Waals surface area contributed by atoms with Crippen LogP contribution in [-0.4, -0.2) is 33.4 Å². The van der Waals surface area contributed by atoms with Crippen molar-refractivity contribution in [2.24, 2.45) is 0 Å². The van der Waals surface area contributed by atoms with Crippen molar-refractivity contribution in [2.45, 2.75) is 53.0 Å². The summed E-state index contributed by atoms with van der Waals surface area (Å²) in [6.07, 6.45) is -4.19. The normalized spacial score (nSPS) is 12.7. The molecule has 0 aromatic carbocycles. The molecule has 3 nitrogen and oxygen atoms in total. The molecule has 0 aliphatic carbocycles. The van der Waals surface area contributed by atoms with Gasteiger partial charge in [-0.15, -0.1) is 0 Å². The highest BCUT2D eigenvalue weighted by atomic mass is 79.9. The van der Waals surface area contributed by atoms with E-state index in [1.165, 1.54) is 4.90 Å². The fraction of sp³-hybridized carbons (Fsp3) is 0.750.